The molecule has 0 heterocycles. The van der Waals surface area contributed by atoms with Gasteiger partial charge in [-0.25, -0.2) is 0 Å². The molecule has 0 aromatic heterocycles. The van der Waals surface area contributed by atoms with Gasteiger partial charge in [0.25, 0.3) is 0 Å². The van der Waals surface area contributed by atoms with Crippen molar-refractivity contribution in [3.8, 4) is 5.75 Å². The minimum Gasteiger partial charge on any atom is -0.496 e. The zero-order chi connectivity index (χ0) is 12.3. The first kappa shape index (κ1) is 12.5. The van der Waals surface area contributed by atoms with Crippen LogP contribution in [0.25, 0.3) is 0 Å². The van der Waals surface area contributed by atoms with Crippen LogP contribution in [0.2, 0.25) is 0 Å². The Kier molecular flexibility index (Phi) is 3.90. The molecule has 0 saturated carbocycles. The van der Waals surface area contributed by atoms with Crippen LogP contribution in [0.5, 0.6) is 5.75 Å². The van der Waals surface area contributed by atoms with Gasteiger partial charge in [-0.3, -0.25) is 4.79 Å². The Morgan fingerprint density at radius 1 is 1.25 bits per heavy atom. The average molecular weight is 223 g/mol. The number of hydrogen-bond donors (Lipinski definition) is 1. The Labute approximate surface area is 95.3 Å². The van der Waals surface area contributed by atoms with Gasteiger partial charge in [0, 0.05) is 0 Å². The predicted molar refractivity (Wildman–Crippen MR) is 61.4 cm³/mol. The van der Waals surface area contributed by atoms with E-state index in [1.165, 1.54) is 7.11 Å². The first-order valence-electron chi connectivity index (χ1n) is 4.99. The normalized spacial score (nSPS) is 12.1. The summed E-state index contributed by atoms with van der Waals surface area (Å²) in [6.45, 7) is 3.83. The van der Waals surface area contributed by atoms with Crippen LogP contribution in [-0.4, -0.2) is 20.2 Å². The van der Waals surface area contributed by atoms with Crippen molar-refractivity contribution < 1.29 is 14.3 Å². The lowest BCUT2D eigenvalue weighted by atomic mass is 10.0. The fourth-order valence-electron chi connectivity index (χ4n) is 1.75. The van der Waals surface area contributed by atoms with E-state index in [2.05, 4.69) is 4.74 Å². The molecule has 0 fully saturated rings. The Balaban J connectivity index is 3.13. The zero-order valence-corrected chi connectivity index (χ0v) is 10.0. The topological polar surface area (TPSA) is 61.5 Å². The predicted octanol–water partition coefficient (Wildman–Crippen LogP) is 1.48. The third-order valence-electron chi connectivity index (χ3n) is 2.50. The molecule has 1 atom stereocenters. The quantitative estimate of drug-likeness (QED) is 0.788. The maximum absolute atomic E-state index is 11.3. The number of carbonyl (C=O) groups is 1. The summed E-state index contributed by atoms with van der Waals surface area (Å²) < 4.78 is 9.85. The van der Waals surface area contributed by atoms with Gasteiger partial charge in [-0.05, 0) is 30.5 Å². The number of esters is 1. The summed E-state index contributed by atoms with van der Waals surface area (Å²) in [7, 11) is 2.95. The van der Waals surface area contributed by atoms with Gasteiger partial charge in [0.2, 0.25) is 0 Å². The van der Waals surface area contributed by atoms with E-state index in [0.717, 1.165) is 22.4 Å². The summed E-state index contributed by atoms with van der Waals surface area (Å²) in [5.41, 5.74) is 8.41. The number of hydrogen-bond acceptors (Lipinski definition) is 4. The molecule has 1 aromatic rings. The monoisotopic (exact) mass is 223 g/mol. The number of aryl methyl sites for hydroxylation is 2. The lowest BCUT2D eigenvalue weighted by Gasteiger charge is -2.14. The van der Waals surface area contributed by atoms with E-state index in [4.69, 9.17) is 10.5 Å². The Hall–Kier alpha value is -1.55. The van der Waals surface area contributed by atoms with Crippen molar-refractivity contribution in [3.63, 3.8) is 0 Å². The van der Waals surface area contributed by atoms with Crippen molar-refractivity contribution in [2.24, 2.45) is 5.73 Å². The lowest BCUT2D eigenvalue weighted by molar-refractivity contribution is -0.142. The van der Waals surface area contributed by atoms with Gasteiger partial charge in [0.05, 0.1) is 14.2 Å². The molecule has 16 heavy (non-hydrogen) atoms. The van der Waals surface area contributed by atoms with Crippen LogP contribution in [0, 0.1) is 13.8 Å². The maximum Gasteiger partial charge on any atom is 0.327 e. The molecule has 0 spiro atoms. The Morgan fingerprint density at radius 3 is 2.12 bits per heavy atom. The Bertz CT molecular complexity index is 378. The van der Waals surface area contributed by atoms with Gasteiger partial charge in [-0.15, -0.1) is 0 Å². The first-order chi connectivity index (χ1) is 7.51. The summed E-state index contributed by atoms with van der Waals surface area (Å²) >= 11 is 0. The van der Waals surface area contributed by atoms with Gasteiger partial charge in [0.15, 0.2) is 0 Å². The number of rotatable bonds is 3. The molecule has 4 nitrogen and oxygen atoms in total. The molecule has 0 bridgehead atoms. The van der Waals surface area contributed by atoms with Crippen LogP contribution in [0.4, 0.5) is 0 Å². The minimum absolute atomic E-state index is 0.441. The van der Waals surface area contributed by atoms with E-state index in [1.807, 2.05) is 26.0 Å². The van der Waals surface area contributed by atoms with E-state index in [1.54, 1.807) is 7.11 Å². The number of nitrogens with two attached hydrogens (primary N) is 1. The standard InChI is InChI=1S/C12H17NO3/c1-7-5-9(10(13)12(14)16-4)6-8(2)11(7)15-3/h5-6,10H,13H2,1-4H3. The van der Waals surface area contributed by atoms with Gasteiger partial charge >= 0.3 is 5.97 Å². The summed E-state index contributed by atoms with van der Waals surface area (Å²) in [6, 6.07) is 2.94. The molecule has 0 aliphatic carbocycles. The van der Waals surface area contributed by atoms with Crippen LogP contribution in [0.1, 0.15) is 22.7 Å². The second-order valence-corrected chi connectivity index (χ2v) is 3.69. The number of carbonyl (C=O) groups excluding carboxylic acids is 1. The van der Waals surface area contributed by atoms with Crippen molar-refractivity contribution in [1.82, 2.24) is 0 Å². The van der Waals surface area contributed by atoms with Crippen LogP contribution in [0.15, 0.2) is 12.1 Å². The molecule has 0 aliphatic heterocycles. The molecule has 1 unspecified atom stereocenters. The molecule has 1 rings (SSSR count). The molecule has 88 valence electrons. The molecular weight excluding hydrogens is 206 g/mol. The summed E-state index contributed by atoms with van der Waals surface area (Å²) in [5, 5.41) is 0. The number of ether oxygens (including phenoxy) is 2. The third-order valence-corrected chi connectivity index (χ3v) is 2.50. The molecule has 1 aromatic carbocycles. The molecule has 0 saturated heterocycles. The van der Waals surface area contributed by atoms with E-state index < -0.39 is 12.0 Å². The first-order valence-corrected chi connectivity index (χ1v) is 4.99. The lowest BCUT2D eigenvalue weighted by Crippen LogP contribution is -2.22. The maximum atomic E-state index is 11.3. The molecule has 0 aliphatic rings. The van der Waals surface area contributed by atoms with Crippen LogP contribution in [-0.2, 0) is 9.53 Å². The number of benzene rings is 1. The highest BCUT2D eigenvalue weighted by molar-refractivity contribution is 5.77. The van der Waals surface area contributed by atoms with Crippen molar-refractivity contribution in [2.45, 2.75) is 19.9 Å². The molecule has 0 amide bonds. The average Bonchev–Trinajstić information content (AvgIpc) is 2.26. The fourth-order valence-corrected chi connectivity index (χ4v) is 1.75. The summed E-state index contributed by atoms with van der Waals surface area (Å²) in [4.78, 5) is 11.3. The zero-order valence-electron chi connectivity index (χ0n) is 10.0. The second kappa shape index (κ2) is 4.99. The van der Waals surface area contributed by atoms with Crippen molar-refractivity contribution in [1.29, 1.82) is 0 Å². The SMILES string of the molecule is COC(=O)C(N)c1cc(C)c(OC)c(C)c1. The smallest absolute Gasteiger partial charge is 0.327 e. The highest BCUT2D eigenvalue weighted by atomic mass is 16.5. The van der Waals surface area contributed by atoms with Crippen molar-refractivity contribution in [2.75, 3.05) is 14.2 Å². The van der Waals surface area contributed by atoms with Gasteiger partial charge in [-0.1, -0.05) is 12.1 Å². The van der Waals surface area contributed by atoms with E-state index in [0.29, 0.717) is 0 Å². The Morgan fingerprint density at radius 2 is 1.75 bits per heavy atom. The second-order valence-electron chi connectivity index (χ2n) is 3.69. The minimum atomic E-state index is -0.742. The number of methoxy groups -OCH3 is 2. The largest absolute Gasteiger partial charge is 0.496 e. The van der Waals surface area contributed by atoms with Crippen LogP contribution >= 0.6 is 0 Å². The van der Waals surface area contributed by atoms with Crippen molar-refractivity contribution in [3.05, 3.63) is 28.8 Å². The van der Waals surface area contributed by atoms with E-state index in [9.17, 15) is 4.79 Å². The van der Waals surface area contributed by atoms with Gasteiger partial charge < -0.3 is 15.2 Å². The van der Waals surface area contributed by atoms with Crippen molar-refractivity contribution >= 4 is 5.97 Å². The molecule has 4 heteroatoms. The summed E-state index contributed by atoms with van der Waals surface area (Å²) in [5.74, 6) is 0.379. The van der Waals surface area contributed by atoms with E-state index >= 15 is 0 Å². The van der Waals surface area contributed by atoms with Crippen LogP contribution < -0.4 is 10.5 Å². The van der Waals surface area contributed by atoms with Crippen LogP contribution in [0.3, 0.4) is 0 Å². The van der Waals surface area contributed by atoms with Gasteiger partial charge in [-0.2, -0.15) is 0 Å². The molecule has 0 radical (unpaired) electrons. The highest BCUT2D eigenvalue weighted by Gasteiger charge is 2.18. The third kappa shape index (κ3) is 2.33. The van der Waals surface area contributed by atoms with Gasteiger partial charge in [0.1, 0.15) is 11.8 Å². The van der Waals surface area contributed by atoms with E-state index in [-0.39, 0.29) is 0 Å². The molecular formula is C12H17NO3. The fraction of sp³-hybridized carbons (Fsp3) is 0.417. The summed E-state index contributed by atoms with van der Waals surface area (Å²) in [6.07, 6.45) is 0. The molecule has 2 N–H and O–H groups in total. The highest BCUT2D eigenvalue weighted by Crippen LogP contribution is 2.26.